The topological polar surface area (TPSA) is 317 Å². The molecule has 0 aliphatic heterocycles. The van der Waals surface area contributed by atoms with Crippen LogP contribution in [0.1, 0.15) is 31.4 Å². The van der Waals surface area contributed by atoms with Gasteiger partial charge < -0.3 is 56.0 Å². The molecule has 0 amide bonds. The second-order valence-corrected chi connectivity index (χ2v) is 6.61. The summed E-state index contributed by atoms with van der Waals surface area (Å²) < 4.78 is 8.48. The number of ether oxygens (including phenoxy) is 2. The summed E-state index contributed by atoms with van der Waals surface area (Å²) in [5, 5.41) is 73.1. The number of carbonyl (C=O) groups is 8. The third-order valence-corrected chi connectivity index (χ3v) is 3.90. The number of esters is 2. The van der Waals surface area contributed by atoms with Crippen molar-refractivity contribution in [1.82, 2.24) is 0 Å². The smallest absolute Gasteiger partial charge is 1.00 e. The van der Waals surface area contributed by atoms with E-state index in [9.17, 15) is 48.6 Å². The molecule has 18 nitrogen and oxygen atoms in total. The second kappa shape index (κ2) is 22.7. The normalized spacial score (nSPS) is 11.7. The molecular formula is C16H22K4O18. The van der Waals surface area contributed by atoms with Gasteiger partial charge in [0.15, 0.2) is 12.2 Å². The van der Waals surface area contributed by atoms with Crippen molar-refractivity contribution < 1.29 is 300 Å². The summed E-state index contributed by atoms with van der Waals surface area (Å²) in [5.74, 6) is -17.0. The van der Waals surface area contributed by atoms with Gasteiger partial charge in [0, 0.05) is 0 Å². The largest absolute Gasteiger partial charge is 1.00 e. The maximum Gasteiger partial charge on any atom is 1.00 e. The summed E-state index contributed by atoms with van der Waals surface area (Å²) in [6.07, 6.45) is -12.9. The van der Waals surface area contributed by atoms with Crippen molar-refractivity contribution in [2.45, 2.75) is 49.1 Å². The van der Waals surface area contributed by atoms with Crippen molar-refractivity contribution in [3.63, 3.8) is 0 Å². The first-order valence-electron chi connectivity index (χ1n) is 8.55. The van der Waals surface area contributed by atoms with Crippen molar-refractivity contribution in [3.05, 3.63) is 0 Å². The Balaban J connectivity index is -0.000000194. The molecule has 0 saturated heterocycles. The van der Waals surface area contributed by atoms with Crippen LogP contribution in [0.5, 0.6) is 0 Å². The summed E-state index contributed by atoms with van der Waals surface area (Å²) in [4.78, 5) is 90.5. The van der Waals surface area contributed by atoms with Gasteiger partial charge in [0.05, 0.1) is 25.7 Å². The molecule has 0 radical (unpaired) electrons. The van der Waals surface area contributed by atoms with Gasteiger partial charge in [-0.3, -0.25) is 19.2 Å². The fraction of sp³-hybridized carbons (Fsp3) is 0.500. The third-order valence-electron chi connectivity index (χ3n) is 3.90. The van der Waals surface area contributed by atoms with Crippen molar-refractivity contribution in [3.8, 4) is 0 Å². The molecule has 0 fully saturated rings. The zero-order chi connectivity index (χ0) is 27.0. The van der Waals surface area contributed by atoms with Gasteiger partial charge >= 0.3 is 253 Å². The number of aliphatic carboxylic acids is 6. The van der Waals surface area contributed by atoms with Crippen LogP contribution in [0, 0.1) is 0 Å². The second-order valence-electron chi connectivity index (χ2n) is 6.61. The van der Waals surface area contributed by atoms with Crippen LogP contribution in [0.25, 0.3) is 0 Å². The van der Waals surface area contributed by atoms with E-state index in [4.69, 9.17) is 30.6 Å². The van der Waals surface area contributed by atoms with E-state index in [1.54, 1.807) is 0 Å². The molecule has 2 atom stereocenters. The van der Waals surface area contributed by atoms with Gasteiger partial charge in [-0.2, -0.15) is 0 Å². The number of rotatable bonds is 15. The quantitative estimate of drug-likeness (QED) is 0.0598. The van der Waals surface area contributed by atoms with Gasteiger partial charge in [0.2, 0.25) is 11.2 Å². The Hall–Kier alpha value is 2.23. The monoisotopic (exact) mass is 658 g/mol. The average Bonchev–Trinajstić information content (AvgIpc) is 2.63. The van der Waals surface area contributed by atoms with Gasteiger partial charge in [-0.25, -0.2) is 19.2 Å². The van der Waals surface area contributed by atoms with Gasteiger partial charge in [0.1, 0.15) is 0 Å². The Kier molecular flexibility index (Phi) is 29.8. The summed E-state index contributed by atoms with van der Waals surface area (Å²) in [6, 6.07) is 0. The molecule has 0 saturated carbocycles. The molecule has 38 heavy (non-hydrogen) atoms. The number of carbonyl (C=O) groups excluding carboxylic acids is 2. The number of aliphatic hydroxyl groups is 2. The van der Waals surface area contributed by atoms with Crippen molar-refractivity contribution in [1.29, 1.82) is 0 Å². The van der Waals surface area contributed by atoms with Gasteiger partial charge in [-0.05, 0) is 0 Å². The molecule has 22 heteroatoms. The van der Waals surface area contributed by atoms with Gasteiger partial charge in [-0.15, -0.1) is 0 Å². The predicted molar refractivity (Wildman–Crippen MR) is 98.4 cm³/mol. The molecule has 2 unspecified atom stereocenters. The minimum absolute atomic E-state index is 0. The van der Waals surface area contributed by atoms with Crippen LogP contribution in [0.4, 0.5) is 0 Å². The van der Waals surface area contributed by atoms with E-state index in [-0.39, 0.29) is 211 Å². The van der Waals surface area contributed by atoms with Crippen molar-refractivity contribution in [2.24, 2.45) is 0 Å². The van der Waals surface area contributed by atoms with Crippen LogP contribution in [0.3, 0.4) is 0 Å². The van der Waals surface area contributed by atoms with Crippen molar-refractivity contribution >= 4 is 47.8 Å². The van der Waals surface area contributed by atoms with E-state index in [2.05, 4.69) is 9.47 Å². The third kappa shape index (κ3) is 16.8. The van der Waals surface area contributed by atoms with E-state index < -0.39 is 96.8 Å². The zero-order valence-corrected chi connectivity index (χ0v) is 33.1. The first kappa shape index (κ1) is 49.9. The Bertz CT molecular complexity index is 820. The van der Waals surface area contributed by atoms with E-state index in [1.807, 2.05) is 0 Å². The summed E-state index contributed by atoms with van der Waals surface area (Å²) in [6.45, 7) is 0. The number of hydrogen-bond donors (Lipinski definition) is 8. The van der Waals surface area contributed by atoms with Gasteiger partial charge in [0.25, 0.3) is 0 Å². The molecule has 0 heterocycles. The molecule has 0 aromatic heterocycles. The molecule has 8 N–H and O–H groups in total. The molecule has 0 spiro atoms. The molecular weight excluding hydrogens is 637 g/mol. The van der Waals surface area contributed by atoms with Crippen molar-refractivity contribution in [2.75, 3.05) is 0 Å². The molecule has 0 bridgehead atoms. The minimum atomic E-state index is -3.32. The maximum atomic E-state index is 12.0. The van der Waals surface area contributed by atoms with Crippen LogP contribution in [0.15, 0.2) is 0 Å². The maximum absolute atomic E-state index is 12.0. The first-order chi connectivity index (χ1) is 15.4. The van der Waals surface area contributed by atoms with Crippen LogP contribution >= 0.6 is 0 Å². The van der Waals surface area contributed by atoms with Crippen LogP contribution < -0.4 is 206 Å². The summed E-state index contributed by atoms with van der Waals surface area (Å²) in [7, 11) is 0. The SMILES string of the molecule is O=C(O)CC(CC(=O)O)(OC(=O)C(O)C(O)C(=O)OC(CC(=O)O)(CC(=O)O)C(=O)O)C(=O)O.[H-].[H-].[H-].[H-].[K+].[K+].[K+].[K+]. The van der Waals surface area contributed by atoms with Crippen LogP contribution in [-0.4, -0.2) is 112 Å². The number of aliphatic hydroxyl groups excluding tert-OH is 2. The average molecular weight is 659 g/mol. The Morgan fingerprint density at radius 1 is 0.500 bits per heavy atom. The Morgan fingerprint density at radius 2 is 0.684 bits per heavy atom. The minimum Gasteiger partial charge on any atom is -1.00 e. The fourth-order valence-electron chi connectivity index (χ4n) is 2.40. The summed E-state index contributed by atoms with van der Waals surface area (Å²) >= 11 is 0. The van der Waals surface area contributed by atoms with E-state index in [0.29, 0.717) is 0 Å². The molecule has 198 valence electrons. The zero-order valence-electron chi connectivity index (χ0n) is 24.6. The molecule has 0 aromatic carbocycles. The summed E-state index contributed by atoms with van der Waals surface area (Å²) in [5.41, 5.74) is -6.65. The predicted octanol–water partition coefficient (Wildman–Crippen LogP) is -15.2. The van der Waals surface area contributed by atoms with E-state index >= 15 is 0 Å². The standard InChI is InChI=1S/C16H18O18.4K.4H/c17-5(18)1-15(13(29)30,2-6(19)20)33-11(27)9(25)10(26)12(28)34-16(14(31)32,3-7(21)22)4-8(23)24;;;;;;;;/h9-10,25-26H,1-4H2,(H,17,18)(H,19,20)(H,21,22)(H,23,24)(H,29,30)(H,31,32);;;;;;;;/q;4*+1;4*-1. The molecule has 0 rings (SSSR count). The van der Waals surface area contributed by atoms with E-state index in [0.717, 1.165) is 0 Å². The Morgan fingerprint density at radius 3 is 0.816 bits per heavy atom. The fourth-order valence-corrected chi connectivity index (χ4v) is 2.40. The first-order valence-corrected chi connectivity index (χ1v) is 8.55. The molecule has 0 aliphatic rings. The number of carboxylic acid groups (broad SMARTS) is 6. The van der Waals surface area contributed by atoms with Gasteiger partial charge in [-0.1, -0.05) is 0 Å². The molecule has 0 aromatic rings. The number of hydrogen-bond acceptors (Lipinski definition) is 12. The number of carboxylic acids is 6. The van der Waals surface area contributed by atoms with Crippen LogP contribution in [0.2, 0.25) is 0 Å². The molecule has 0 aliphatic carbocycles. The van der Waals surface area contributed by atoms with Crippen LogP contribution in [-0.2, 0) is 47.8 Å². The van der Waals surface area contributed by atoms with E-state index in [1.165, 1.54) is 0 Å². The Labute approximate surface area is 388 Å².